The fourth-order valence-electron chi connectivity index (χ4n) is 1.87. The van der Waals surface area contributed by atoms with E-state index < -0.39 is 5.60 Å². The molecule has 0 aliphatic rings. The minimum absolute atomic E-state index is 0.724. The molecule has 1 N–H and O–H groups in total. The fraction of sp³-hybridized carbons (Fsp3) is 0.467. The lowest BCUT2D eigenvalue weighted by Gasteiger charge is -2.20. The molecule has 0 aliphatic heterocycles. The van der Waals surface area contributed by atoms with E-state index in [0.717, 1.165) is 12.8 Å². The molecule has 0 aromatic heterocycles. The van der Waals surface area contributed by atoms with Crippen LogP contribution in [0.5, 0.6) is 0 Å². The van der Waals surface area contributed by atoms with E-state index in [2.05, 4.69) is 39.5 Å². The molecular formula is C15H22O. The molecule has 0 amide bonds. The smallest absolute Gasteiger partial charge is 0.0800 e. The monoisotopic (exact) mass is 218 g/mol. The van der Waals surface area contributed by atoms with Gasteiger partial charge in [-0.05, 0) is 62.8 Å². The van der Waals surface area contributed by atoms with Crippen LogP contribution in [0.15, 0.2) is 24.8 Å². The Hall–Kier alpha value is -1.08. The molecule has 0 fully saturated rings. The number of rotatable bonds is 4. The van der Waals surface area contributed by atoms with Crippen molar-refractivity contribution in [3.8, 4) is 0 Å². The van der Waals surface area contributed by atoms with Crippen molar-refractivity contribution in [2.24, 2.45) is 0 Å². The first-order chi connectivity index (χ1) is 7.37. The van der Waals surface area contributed by atoms with Gasteiger partial charge in [-0.2, -0.15) is 0 Å². The molecule has 1 atom stereocenters. The van der Waals surface area contributed by atoms with E-state index in [1.807, 2.05) is 0 Å². The van der Waals surface area contributed by atoms with E-state index in [1.54, 1.807) is 13.0 Å². The summed E-state index contributed by atoms with van der Waals surface area (Å²) in [6, 6.07) is 4.31. The van der Waals surface area contributed by atoms with Crippen molar-refractivity contribution < 1.29 is 5.11 Å². The zero-order chi connectivity index (χ0) is 12.3. The van der Waals surface area contributed by atoms with Crippen molar-refractivity contribution in [2.75, 3.05) is 0 Å². The second-order valence-corrected chi connectivity index (χ2v) is 4.86. The van der Waals surface area contributed by atoms with Gasteiger partial charge in [-0.15, -0.1) is 6.58 Å². The second kappa shape index (κ2) is 4.84. The molecule has 0 heterocycles. The third kappa shape index (κ3) is 2.96. The van der Waals surface area contributed by atoms with Gasteiger partial charge in [0.2, 0.25) is 0 Å². The fourth-order valence-corrected chi connectivity index (χ4v) is 1.87. The summed E-state index contributed by atoms with van der Waals surface area (Å²) in [5.74, 6) is 0. The highest BCUT2D eigenvalue weighted by atomic mass is 16.3. The van der Waals surface area contributed by atoms with E-state index in [-0.39, 0.29) is 0 Å². The molecule has 16 heavy (non-hydrogen) atoms. The summed E-state index contributed by atoms with van der Waals surface area (Å²) in [5.41, 5.74) is 4.58. The molecule has 1 aromatic carbocycles. The maximum atomic E-state index is 9.92. The van der Waals surface area contributed by atoms with Gasteiger partial charge < -0.3 is 5.11 Å². The minimum atomic E-state index is -0.761. The largest absolute Gasteiger partial charge is 0.386 e. The van der Waals surface area contributed by atoms with Crippen LogP contribution in [-0.4, -0.2) is 10.7 Å². The standard InChI is InChI=1S/C15H22O/c1-6-15(5,16)10-9-14-12(3)8-7-11(2)13(14)4/h6-8,16H,1,9-10H2,2-5H3. The number of hydrogen-bond acceptors (Lipinski definition) is 1. The summed E-state index contributed by atoms with van der Waals surface area (Å²) in [6.45, 7) is 11.9. The van der Waals surface area contributed by atoms with Crippen LogP contribution >= 0.6 is 0 Å². The molecule has 0 aliphatic carbocycles. The van der Waals surface area contributed by atoms with Gasteiger partial charge in [0.15, 0.2) is 0 Å². The Balaban J connectivity index is 2.89. The normalized spacial score (nSPS) is 14.6. The first kappa shape index (κ1) is 13.0. The second-order valence-electron chi connectivity index (χ2n) is 4.86. The van der Waals surface area contributed by atoms with Crippen molar-refractivity contribution in [3.05, 3.63) is 47.0 Å². The highest BCUT2D eigenvalue weighted by Crippen LogP contribution is 2.22. The highest BCUT2D eigenvalue weighted by molar-refractivity contribution is 5.39. The topological polar surface area (TPSA) is 20.2 Å². The number of benzene rings is 1. The molecule has 1 heteroatoms. The van der Waals surface area contributed by atoms with Crippen LogP contribution in [-0.2, 0) is 6.42 Å². The van der Waals surface area contributed by atoms with Crippen LogP contribution in [0.25, 0.3) is 0 Å². The SMILES string of the molecule is C=CC(C)(O)CCc1c(C)ccc(C)c1C. The number of hydrogen-bond donors (Lipinski definition) is 1. The Morgan fingerprint density at radius 2 is 1.81 bits per heavy atom. The number of aliphatic hydroxyl groups is 1. The van der Waals surface area contributed by atoms with Gasteiger partial charge in [-0.3, -0.25) is 0 Å². The van der Waals surface area contributed by atoms with E-state index >= 15 is 0 Å². The lowest BCUT2D eigenvalue weighted by Crippen LogP contribution is -2.21. The molecule has 1 rings (SSSR count). The summed E-state index contributed by atoms with van der Waals surface area (Å²) in [4.78, 5) is 0. The van der Waals surface area contributed by atoms with Gasteiger partial charge >= 0.3 is 0 Å². The summed E-state index contributed by atoms with van der Waals surface area (Å²) < 4.78 is 0. The molecule has 1 aromatic rings. The zero-order valence-electron chi connectivity index (χ0n) is 10.8. The average molecular weight is 218 g/mol. The molecule has 0 saturated carbocycles. The predicted octanol–water partition coefficient (Wildman–Crippen LogP) is 3.48. The Kier molecular flexibility index (Phi) is 3.93. The molecule has 0 saturated heterocycles. The highest BCUT2D eigenvalue weighted by Gasteiger charge is 2.16. The van der Waals surface area contributed by atoms with Crippen molar-refractivity contribution in [1.29, 1.82) is 0 Å². The first-order valence-corrected chi connectivity index (χ1v) is 5.79. The lowest BCUT2D eigenvalue weighted by molar-refractivity contribution is 0.102. The Morgan fingerprint density at radius 1 is 1.25 bits per heavy atom. The van der Waals surface area contributed by atoms with Gasteiger partial charge in [-0.25, -0.2) is 0 Å². The van der Waals surface area contributed by atoms with E-state index in [9.17, 15) is 5.11 Å². The van der Waals surface area contributed by atoms with E-state index in [0.29, 0.717) is 0 Å². The maximum Gasteiger partial charge on any atom is 0.0800 e. The van der Waals surface area contributed by atoms with E-state index in [1.165, 1.54) is 22.3 Å². The van der Waals surface area contributed by atoms with Crippen LogP contribution in [0.3, 0.4) is 0 Å². The zero-order valence-corrected chi connectivity index (χ0v) is 10.8. The Morgan fingerprint density at radius 3 is 2.38 bits per heavy atom. The van der Waals surface area contributed by atoms with Crippen molar-refractivity contribution in [2.45, 2.75) is 46.1 Å². The van der Waals surface area contributed by atoms with Gasteiger partial charge in [0, 0.05) is 0 Å². The van der Waals surface area contributed by atoms with Crippen LogP contribution in [0, 0.1) is 20.8 Å². The molecule has 1 nitrogen and oxygen atoms in total. The molecule has 88 valence electrons. The average Bonchev–Trinajstić information content (AvgIpc) is 2.24. The maximum absolute atomic E-state index is 9.92. The van der Waals surface area contributed by atoms with Crippen molar-refractivity contribution in [3.63, 3.8) is 0 Å². The van der Waals surface area contributed by atoms with Gasteiger partial charge in [-0.1, -0.05) is 18.2 Å². The third-order valence-corrected chi connectivity index (χ3v) is 3.42. The van der Waals surface area contributed by atoms with E-state index in [4.69, 9.17) is 0 Å². The first-order valence-electron chi connectivity index (χ1n) is 5.79. The molecule has 0 bridgehead atoms. The van der Waals surface area contributed by atoms with Gasteiger partial charge in [0.1, 0.15) is 0 Å². The summed E-state index contributed by atoms with van der Waals surface area (Å²) in [5, 5.41) is 9.92. The molecule has 0 radical (unpaired) electrons. The van der Waals surface area contributed by atoms with Crippen LogP contribution in [0.2, 0.25) is 0 Å². The summed E-state index contributed by atoms with van der Waals surface area (Å²) in [6.07, 6.45) is 3.24. The van der Waals surface area contributed by atoms with Gasteiger partial charge in [0.25, 0.3) is 0 Å². The molecular weight excluding hydrogens is 196 g/mol. The Bertz CT molecular complexity index is 389. The van der Waals surface area contributed by atoms with Crippen LogP contribution in [0.4, 0.5) is 0 Å². The van der Waals surface area contributed by atoms with Gasteiger partial charge in [0.05, 0.1) is 5.60 Å². The minimum Gasteiger partial charge on any atom is -0.386 e. The molecule has 0 spiro atoms. The van der Waals surface area contributed by atoms with Crippen LogP contribution < -0.4 is 0 Å². The van der Waals surface area contributed by atoms with Crippen molar-refractivity contribution in [1.82, 2.24) is 0 Å². The quantitative estimate of drug-likeness (QED) is 0.767. The lowest BCUT2D eigenvalue weighted by atomic mass is 9.90. The summed E-state index contributed by atoms with van der Waals surface area (Å²) >= 11 is 0. The van der Waals surface area contributed by atoms with Crippen LogP contribution in [0.1, 0.15) is 35.6 Å². The third-order valence-electron chi connectivity index (χ3n) is 3.42. The Labute approximate surface area is 98.8 Å². The predicted molar refractivity (Wildman–Crippen MR) is 69.8 cm³/mol. The molecule has 1 unspecified atom stereocenters. The number of aryl methyl sites for hydroxylation is 2. The van der Waals surface area contributed by atoms with Crippen molar-refractivity contribution >= 4 is 0 Å². The summed E-state index contributed by atoms with van der Waals surface area (Å²) in [7, 11) is 0.